The van der Waals surface area contributed by atoms with Crippen LogP contribution in [0.15, 0.2) is 134 Å². The van der Waals surface area contributed by atoms with Crippen molar-refractivity contribution in [1.82, 2.24) is 0 Å². The summed E-state index contributed by atoms with van der Waals surface area (Å²) in [7, 11) is 1.50. The van der Waals surface area contributed by atoms with E-state index in [4.69, 9.17) is 0 Å². The molecule has 1 heteroatoms. The van der Waals surface area contributed by atoms with Crippen molar-refractivity contribution in [2.45, 2.75) is 89.0 Å². The van der Waals surface area contributed by atoms with Crippen LogP contribution in [0.3, 0.4) is 0 Å². The van der Waals surface area contributed by atoms with Gasteiger partial charge in [0.2, 0.25) is 0 Å². The number of rotatable bonds is 5. The lowest BCUT2D eigenvalue weighted by atomic mass is 9.81. The number of benzene rings is 4. The van der Waals surface area contributed by atoms with Gasteiger partial charge >= 0.3 is 0 Å². The molecule has 0 amide bonds. The number of nitrogens with two attached hydrogens (primary N) is 1. The van der Waals surface area contributed by atoms with E-state index in [-0.39, 0.29) is 0 Å². The van der Waals surface area contributed by atoms with E-state index in [2.05, 4.69) is 163 Å². The Bertz CT molecular complexity index is 1660. The molecule has 0 bridgehead atoms. The standard InChI is InChI=1S/C31H30.C9H12.C4H8.2C2H6.CH5N/c1-5-6-12-25-13-8-10-15-29(25)31-21-27(19-17-24(31)4)26-18-16-23(3)30(20-26)28-14-9-7-11-22(28)2;1-7-4-5-8(2)9(3)6-7;1-3-4-2;3*1-2/h5-22,28H,1H2,2-4H3;4-6H,1-3H3;3-4H,1-2H3;2*1-2H3;2H2,1H3/b12-6-;;4-3+;;;. The summed E-state index contributed by atoms with van der Waals surface area (Å²) < 4.78 is 0. The maximum Gasteiger partial charge on any atom is 0.00842 e. The third-order valence-corrected chi connectivity index (χ3v) is 8.28. The lowest BCUT2D eigenvalue weighted by molar-refractivity contribution is 0.632. The summed E-state index contributed by atoms with van der Waals surface area (Å²) >= 11 is 0. The molecule has 268 valence electrons. The minimum absolute atomic E-state index is 0.430. The molecule has 0 radical (unpaired) electrons. The van der Waals surface area contributed by atoms with Crippen molar-refractivity contribution in [3.05, 3.63) is 173 Å². The molecule has 2 atom stereocenters. The monoisotopic (exact) mass is 670 g/mol. The SMILES string of the molecule is C/C=C/C.C=C/C=C\c1ccccc1-c1cc(-c2ccc(C)c(C3C=CC=CC3C)c2)ccc1C.CC.CC.CN.Cc1ccc(C)c(C)c1. The van der Waals surface area contributed by atoms with E-state index in [1.54, 1.807) is 0 Å². The quantitative estimate of drug-likeness (QED) is 0.166. The fraction of sp³-hybridized carbons (Fsp3) is 0.306. The molecular weight excluding hydrogens is 603 g/mol. The minimum atomic E-state index is 0.430. The fourth-order valence-electron chi connectivity index (χ4n) is 5.33. The van der Waals surface area contributed by atoms with E-state index < -0.39 is 0 Å². The molecule has 0 aliphatic heterocycles. The van der Waals surface area contributed by atoms with Gasteiger partial charge in [0.05, 0.1) is 0 Å². The Morgan fingerprint density at radius 1 is 0.600 bits per heavy atom. The lowest BCUT2D eigenvalue weighted by Crippen LogP contribution is -2.09. The number of hydrogen-bond donors (Lipinski definition) is 1. The number of allylic oxidation sites excluding steroid dienone is 8. The molecule has 4 aromatic carbocycles. The van der Waals surface area contributed by atoms with Gasteiger partial charge in [0.15, 0.2) is 0 Å². The Balaban J connectivity index is 0.00000105. The average Bonchev–Trinajstić information content (AvgIpc) is 3.16. The highest BCUT2D eigenvalue weighted by Crippen LogP contribution is 2.36. The summed E-state index contributed by atoms with van der Waals surface area (Å²) in [6.45, 7) is 28.9. The maximum atomic E-state index is 4.50. The number of hydrogen-bond acceptors (Lipinski definition) is 1. The largest absolute Gasteiger partial charge is 0.333 e. The highest BCUT2D eigenvalue weighted by atomic mass is 14.4. The second kappa shape index (κ2) is 26.4. The van der Waals surface area contributed by atoms with Crippen molar-refractivity contribution in [2.24, 2.45) is 11.7 Å². The van der Waals surface area contributed by atoms with Crippen molar-refractivity contribution in [1.29, 1.82) is 0 Å². The highest BCUT2D eigenvalue weighted by molar-refractivity contribution is 5.81. The van der Waals surface area contributed by atoms with Gasteiger partial charge in [-0.3, -0.25) is 0 Å². The van der Waals surface area contributed by atoms with Gasteiger partial charge in [-0.05, 0) is 123 Å². The topological polar surface area (TPSA) is 26.0 Å². The molecule has 0 saturated carbocycles. The molecular formula is C49H67N. The van der Waals surface area contributed by atoms with Gasteiger partial charge in [-0.1, -0.05) is 174 Å². The third-order valence-electron chi connectivity index (χ3n) is 8.28. The van der Waals surface area contributed by atoms with Crippen molar-refractivity contribution in [2.75, 3.05) is 7.05 Å². The maximum absolute atomic E-state index is 4.50. The first-order valence-corrected chi connectivity index (χ1v) is 18.3. The van der Waals surface area contributed by atoms with Crippen LogP contribution in [0.4, 0.5) is 0 Å². The van der Waals surface area contributed by atoms with Gasteiger partial charge in [-0.15, -0.1) is 0 Å². The van der Waals surface area contributed by atoms with E-state index >= 15 is 0 Å². The van der Waals surface area contributed by atoms with Crippen molar-refractivity contribution < 1.29 is 0 Å². The van der Waals surface area contributed by atoms with Gasteiger partial charge in [-0.2, -0.15) is 0 Å². The molecule has 0 spiro atoms. The smallest absolute Gasteiger partial charge is 0.00842 e. The zero-order chi connectivity index (χ0) is 38.1. The van der Waals surface area contributed by atoms with Crippen LogP contribution >= 0.6 is 0 Å². The van der Waals surface area contributed by atoms with Crippen LogP contribution in [-0.2, 0) is 0 Å². The van der Waals surface area contributed by atoms with Gasteiger partial charge in [0, 0.05) is 5.92 Å². The average molecular weight is 670 g/mol. The fourth-order valence-corrected chi connectivity index (χ4v) is 5.33. The molecule has 0 heterocycles. The first kappa shape index (κ1) is 45.5. The molecule has 2 N–H and O–H groups in total. The Morgan fingerprint density at radius 3 is 1.72 bits per heavy atom. The van der Waals surface area contributed by atoms with Gasteiger partial charge in [0.1, 0.15) is 0 Å². The molecule has 0 fully saturated rings. The lowest BCUT2D eigenvalue weighted by Gasteiger charge is -2.23. The molecule has 0 saturated heterocycles. The highest BCUT2D eigenvalue weighted by Gasteiger charge is 2.19. The zero-order valence-corrected chi connectivity index (χ0v) is 33.6. The molecule has 0 aromatic heterocycles. The summed E-state index contributed by atoms with van der Waals surface area (Å²) in [5.41, 5.74) is 18.9. The summed E-state index contributed by atoms with van der Waals surface area (Å²) in [6.07, 6.45) is 18.9. The summed E-state index contributed by atoms with van der Waals surface area (Å²) in [4.78, 5) is 0. The van der Waals surface area contributed by atoms with Crippen LogP contribution in [0, 0.1) is 40.5 Å². The molecule has 50 heavy (non-hydrogen) atoms. The summed E-state index contributed by atoms with van der Waals surface area (Å²) in [5, 5.41) is 0. The van der Waals surface area contributed by atoms with Gasteiger partial charge in [-0.25, -0.2) is 0 Å². The van der Waals surface area contributed by atoms with E-state index in [9.17, 15) is 0 Å². The first-order valence-electron chi connectivity index (χ1n) is 18.3. The molecule has 1 aliphatic rings. The van der Waals surface area contributed by atoms with E-state index in [0.29, 0.717) is 11.8 Å². The Morgan fingerprint density at radius 2 is 1.16 bits per heavy atom. The van der Waals surface area contributed by atoms with Crippen molar-refractivity contribution >= 4 is 6.08 Å². The summed E-state index contributed by atoms with van der Waals surface area (Å²) in [6, 6.07) is 28.8. The van der Waals surface area contributed by atoms with Gasteiger partial charge < -0.3 is 5.73 Å². The van der Waals surface area contributed by atoms with E-state index in [0.717, 1.165) is 0 Å². The third kappa shape index (κ3) is 14.6. The van der Waals surface area contributed by atoms with Crippen LogP contribution in [0.25, 0.3) is 28.3 Å². The molecule has 2 unspecified atom stereocenters. The van der Waals surface area contributed by atoms with Crippen LogP contribution in [0.1, 0.15) is 93.3 Å². The molecule has 4 aromatic rings. The van der Waals surface area contributed by atoms with Crippen LogP contribution in [0.2, 0.25) is 0 Å². The normalized spacial score (nSPS) is 14.0. The second-order valence-corrected chi connectivity index (χ2v) is 11.7. The predicted octanol–water partition coefficient (Wildman–Crippen LogP) is 14.5. The Kier molecular flexibility index (Phi) is 24.1. The zero-order valence-electron chi connectivity index (χ0n) is 33.6. The minimum Gasteiger partial charge on any atom is -0.333 e. The Labute approximate surface area is 308 Å². The van der Waals surface area contributed by atoms with Crippen molar-refractivity contribution in [3.8, 4) is 22.3 Å². The summed E-state index contributed by atoms with van der Waals surface area (Å²) in [5.74, 6) is 0.940. The Hall–Kier alpha value is -4.46. The first-order chi connectivity index (χ1) is 24.2. The van der Waals surface area contributed by atoms with E-state index in [1.165, 1.54) is 68.2 Å². The molecule has 5 rings (SSSR count). The number of aryl methyl sites for hydroxylation is 5. The van der Waals surface area contributed by atoms with Crippen LogP contribution in [0.5, 0.6) is 0 Å². The van der Waals surface area contributed by atoms with Crippen LogP contribution < -0.4 is 5.73 Å². The molecule has 1 nitrogen and oxygen atoms in total. The van der Waals surface area contributed by atoms with Crippen LogP contribution in [-0.4, -0.2) is 7.05 Å². The van der Waals surface area contributed by atoms with Gasteiger partial charge in [0.25, 0.3) is 0 Å². The van der Waals surface area contributed by atoms with E-state index in [1.807, 2.05) is 65.8 Å². The molecule has 1 aliphatic carbocycles. The predicted molar refractivity (Wildman–Crippen MR) is 230 cm³/mol. The second-order valence-electron chi connectivity index (χ2n) is 11.7. The van der Waals surface area contributed by atoms with Crippen molar-refractivity contribution in [3.63, 3.8) is 0 Å².